The highest BCUT2D eigenvalue weighted by atomic mass is 19.4. The number of rotatable bonds is 10. The Labute approximate surface area is 227 Å². The van der Waals surface area contributed by atoms with Crippen LogP contribution in [0.5, 0.6) is 5.75 Å². The predicted octanol–water partition coefficient (Wildman–Crippen LogP) is 6.30. The highest BCUT2D eigenvalue weighted by Gasteiger charge is 2.50. The van der Waals surface area contributed by atoms with Crippen LogP contribution in [0.15, 0.2) is 72.8 Å². The van der Waals surface area contributed by atoms with E-state index < -0.39 is 59.8 Å². The summed E-state index contributed by atoms with van der Waals surface area (Å²) in [6.45, 7) is -0.921. The van der Waals surface area contributed by atoms with Gasteiger partial charge in [-0.25, -0.2) is 13.6 Å². The van der Waals surface area contributed by atoms with Crippen LogP contribution in [0.3, 0.4) is 0 Å². The lowest BCUT2D eigenvalue weighted by Gasteiger charge is -2.37. The standard InChI is InChI=1S/C27H23F9N2O3/c1-24(40,27(34,35)36)15-37-23(39)38-25(14-16-5-3-2-4-6-16,17-7-9-19(28)10-8-17)18-11-20(29)13-21(12-18)41-26(32,33)22(30)31/h2-13,22,40H,14-15H2,1H3,(H2,37,38,39)/t24?,25-/m1/s1. The number of urea groups is 1. The maximum Gasteiger partial charge on any atom is 0.461 e. The third-order valence-electron chi connectivity index (χ3n) is 6.05. The van der Waals surface area contributed by atoms with Crippen molar-refractivity contribution >= 4 is 6.03 Å². The predicted molar refractivity (Wildman–Crippen MR) is 129 cm³/mol. The molecular formula is C27H23F9N2O3. The molecule has 2 atom stereocenters. The van der Waals surface area contributed by atoms with Crippen molar-refractivity contribution in [2.75, 3.05) is 6.54 Å². The molecule has 0 saturated carbocycles. The largest absolute Gasteiger partial charge is 0.461 e. The van der Waals surface area contributed by atoms with Gasteiger partial charge in [0.25, 0.3) is 0 Å². The van der Waals surface area contributed by atoms with Gasteiger partial charge in [0.05, 0.1) is 12.1 Å². The first-order chi connectivity index (χ1) is 18.9. The van der Waals surface area contributed by atoms with Crippen LogP contribution >= 0.6 is 0 Å². The summed E-state index contributed by atoms with van der Waals surface area (Å²) in [7, 11) is 0. The average Bonchev–Trinajstić information content (AvgIpc) is 2.87. The Morgan fingerprint density at radius 2 is 1.49 bits per heavy atom. The Balaban J connectivity index is 2.19. The number of carbonyl (C=O) groups excluding carboxylic acids is 1. The van der Waals surface area contributed by atoms with Gasteiger partial charge in [-0.1, -0.05) is 42.5 Å². The van der Waals surface area contributed by atoms with Crippen LogP contribution in [-0.4, -0.2) is 42.0 Å². The Kier molecular flexibility index (Phi) is 9.16. The van der Waals surface area contributed by atoms with Crippen LogP contribution in [0.25, 0.3) is 0 Å². The second-order valence-corrected chi connectivity index (χ2v) is 9.29. The van der Waals surface area contributed by atoms with Gasteiger partial charge in [-0.2, -0.15) is 30.7 Å². The van der Waals surface area contributed by atoms with Crippen LogP contribution in [0.1, 0.15) is 23.6 Å². The summed E-state index contributed by atoms with van der Waals surface area (Å²) in [5.74, 6) is -3.07. The number of nitrogens with one attached hydrogen (secondary N) is 2. The quantitative estimate of drug-likeness (QED) is 0.242. The van der Waals surface area contributed by atoms with Gasteiger partial charge >= 0.3 is 24.7 Å². The van der Waals surface area contributed by atoms with E-state index in [1.165, 1.54) is 0 Å². The molecule has 0 radical (unpaired) electrons. The Bertz CT molecular complexity index is 1330. The van der Waals surface area contributed by atoms with Crippen molar-refractivity contribution in [3.8, 4) is 5.75 Å². The summed E-state index contributed by atoms with van der Waals surface area (Å²) in [6.07, 6.45) is -14.8. The van der Waals surface area contributed by atoms with E-state index in [1.807, 2.05) is 5.32 Å². The molecular weight excluding hydrogens is 571 g/mol. The van der Waals surface area contributed by atoms with E-state index in [1.54, 1.807) is 30.3 Å². The zero-order chi connectivity index (χ0) is 30.6. The number of aliphatic hydroxyl groups is 1. The zero-order valence-electron chi connectivity index (χ0n) is 21.1. The normalized spacial score (nSPS) is 15.1. The smallest absolute Gasteiger partial charge is 0.428 e. The van der Waals surface area contributed by atoms with Gasteiger partial charge in [-0.05, 0) is 47.9 Å². The fraction of sp³-hybridized carbons (Fsp3) is 0.296. The van der Waals surface area contributed by atoms with Crippen LogP contribution in [0.2, 0.25) is 0 Å². The summed E-state index contributed by atoms with van der Waals surface area (Å²) in [5.41, 5.74) is -5.35. The number of ether oxygens (including phenoxy) is 1. The average molecular weight is 594 g/mol. The molecule has 0 spiro atoms. The third kappa shape index (κ3) is 7.63. The number of carbonyl (C=O) groups is 1. The molecule has 0 aliphatic rings. The lowest BCUT2D eigenvalue weighted by molar-refractivity contribution is -0.253. The minimum Gasteiger partial charge on any atom is -0.428 e. The van der Waals surface area contributed by atoms with Gasteiger partial charge in [0.2, 0.25) is 0 Å². The molecule has 0 saturated heterocycles. The number of alkyl halides is 7. The van der Waals surface area contributed by atoms with Crippen molar-refractivity contribution in [1.29, 1.82) is 0 Å². The lowest BCUT2D eigenvalue weighted by atomic mass is 9.77. The molecule has 3 rings (SSSR count). The highest BCUT2D eigenvalue weighted by molar-refractivity contribution is 5.76. The minimum atomic E-state index is -5.14. The maximum absolute atomic E-state index is 14.8. The van der Waals surface area contributed by atoms with Gasteiger partial charge in [0.15, 0.2) is 5.60 Å². The van der Waals surface area contributed by atoms with Gasteiger partial charge in [-0.15, -0.1) is 0 Å². The van der Waals surface area contributed by atoms with Crippen molar-refractivity contribution in [2.24, 2.45) is 0 Å². The Morgan fingerprint density at radius 3 is 2.05 bits per heavy atom. The highest BCUT2D eigenvalue weighted by Crippen LogP contribution is 2.38. The molecule has 41 heavy (non-hydrogen) atoms. The number of benzene rings is 3. The minimum absolute atomic E-state index is 0.00217. The molecule has 2 amide bonds. The monoisotopic (exact) mass is 594 g/mol. The van der Waals surface area contributed by atoms with Crippen LogP contribution in [0, 0.1) is 11.6 Å². The number of hydrogen-bond acceptors (Lipinski definition) is 3. The summed E-state index contributed by atoms with van der Waals surface area (Å²) >= 11 is 0. The van der Waals surface area contributed by atoms with Crippen LogP contribution in [-0.2, 0) is 12.0 Å². The molecule has 14 heteroatoms. The van der Waals surface area contributed by atoms with E-state index in [0.717, 1.165) is 36.4 Å². The summed E-state index contributed by atoms with van der Waals surface area (Å²) in [5, 5.41) is 14.0. The molecule has 0 heterocycles. The van der Waals surface area contributed by atoms with Crippen LogP contribution < -0.4 is 15.4 Å². The summed E-state index contributed by atoms with van der Waals surface area (Å²) < 4.78 is 125. The number of hydrogen-bond donors (Lipinski definition) is 3. The molecule has 0 aromatic heterocycles. The zero-order valence-corrected chi connectivity index (χ0v) is 21.1. The number of halogens is 9. The lowest BCUT2D eigenvalue weighted by Crippen LogP contribution is -2.57. The van der Waals surface area contributed by atoms with Crippen molar-refractivity contribution in [3.63, 3.8) is 0 Å². The van der Waals surface area contributed by atoms with Crippen molar-refractivity contribution in [3.05, 3.63) is 101 Å². The first-order valence-electron chi connectivity index (χ1n) is 11.8. The van der Waals surface area contributed by atoms with Crippen molar-refractivity contribution < 1.29 is 54.2 Å². The molecule has 222 valence electrons. The fourth-order valence-electron chi connectivity index (χ4n) is 3.86. The molecule has 0 fully saturated rings. The topological polar surface area (TPSA) is 70.6 Å². The number of amides is 2. The second-order valence-electron chi connectivity index (χ2n) is 9.29. The van der Waals surface area contributed by atoms with Crippen LogP contribution in [0.4, 0.5) is 44.3 Å². The van der Waals surface area contributed by atoms with E-state index >= 15 is 0 Å². The summed E-state index contributed by atoms with van der Waals surface area (Å²) in [4.78, 5) is 13.0. The van der Waals surface area contributed by atoms with E-state index in [4.69, 9.17) is 0 Å². The molecule has 3 aromatic carbocycles. The van der Waals surface area contributed by atoms with E-state index in [0.29, 0.717) is 18.6 Å². The van der Waals surface area contributed by atoms with Gasteiger partial charge < -0.3 is 20.5 Å². The fourth-order valence-corrected chi connectivity index (χ4v) is 3.86. The molecule has 3 N–H and O–H groups in total. The molecule has 0 bridgehead atoms. The van der Waals surface area contributed by atoms with Gasteiger partial charge in [-0.3, -0.25) is 0 Å². The van der Waals surface area contributed by atoms with E-state index in [-0.39, 0.29) is 17.5 Å². The van der Waals surface area contributed by atoms with Crippen molar-refractivity contribution in [1.82, 2.24) is 10.6 Å². The first-order valence-corrected chi connectivity index (χ1v) is 11.8. The Morgan fingerprint density at radius 1 is 0.878 bits per heavy atom. The third-order valence-corrected chi connectivity index (χ3v) is 6.05. The summed E-state index contributed by atoms with van der Waals surface area (Å²) in [6, 6.07) is 12.6. The van der Waals surface area contributed by atoms with E-state index in [2.05, 4.69) is 10.1 Å². The SMILES string of the molecule is CC(O)(CNC(=O)N[C@](Cc1ccccc1)(c1ccc(F)cc1)c1cc(F)cc(OC(F)(F)C(F)F)c1)C(F)(F)F. The second kappa shape index (κ2) is 11.9. The molecule has 0 aliphatic carbocycles. The van der Waals surface area contributed by atoms with E-state index in [9.17, 15) is 49.4 Å². The van der Waals surface area contributed by atoms with Gasteiger partial charge in [0.1, 0.15) is 17.4 Å². The molecule has 1 unspecified atom stereocenters. The first kappa shape index (κ1) is 31.6. The van der Waals surface area contributed by atoms with Gasteiger partial charge in [0, 0.05) is 12.5 Å². The Hall–Kier alpha value is -3.94. The molecule has 3 aromatic rings. The maximum atomic E-state index is 14.8. The molecule has 5 nitrogen and oxygen atoms in total. The van der Waals surface area contributed by atoms with Crippen molar-refractivity contribution in [2.45, 2.75) is 43.2 Å². The molecule has 0 aliphatic heterocycles.